The molecular weight excluding hydrogens is 389 g/mol. The molecule has 0 aromatic rings. The maximum Gasteiger partial charge on any atom is 0.193 e. The fourth-order valence-electron chi connectivity index (χ4n) is 4.47. The average Bonchev–Trinajstić information content (AvgIpc) is 3.24. The van der Waals surface area contributed by atoms with E-state index >= 15 is 0 Å². The standard InChI is InChI=1S/C17H31N3O.HI/c1-3-16(6-4-5-7-16)12-19-15(18-2)20-10-8-17(13-20)9-11-21-14-17;/h3-14H2,1-2H3,(H,18,19);1H. The van der Waals surface area contributed by atoms with E-state index in [0.29, 0.717) is 10.8 Å². The van der Waals surface area contributed by atoms with Gasteiger partial charge < -0.3 is 15.0 Å². The first kappa shape index (κ1) is 18.3. The number of likely N-dealkylation sites (tertiary alicyclic amines) is 1. The zero-order valence-corrected chi connectivity index (χ0v) is 16.5. The minimum Gasteiger partial charge on any atom is -0.381 e. The quantitative estimate of drug-likeness (QED) is 0.432. The van der Waals surface area contributed by atoms with E-state index in [0.717, 1.165) is 38.8 Å². The van der Waals surface area contributed by atoms with Gasteiger partial charge in [-0.25, -0.2) is 0 Å². The summed E-state index contributed by atoms with van der Waals surface area (Å²) in [7, 11) is 1.92. The number of nitrogens with one attached hydrogen (secondary N) is 1. The highest BCUT2D eigenvalue weighted by Crippen LogP contribution is 2.41. The van der Waals surface area contributed by atoms with Crippen molar-refractivity contribution in [2.75, 3.05) is 39.9 Å². The van der Waals surface area contributed by atoms with Crippen molar-refractivity contribution in [1.82, 2.24) is 10.2 Å². The minimum atomic E-state index is 0. The van der Waals surface area contributed by atoms with Gasteiger partial charge in [-0.3, -0.25) is 4.99 Å². The average molecular weight is 421 g/mol. The Labute approximate surface area is 152 Å². The second kappa shape index (κ2) is 7.69. The first-order valence-electron chi connectivity index (χ1n) is 8.74. The minimum absolute atomic E-state index is 0. The van der Waals surface area contributed by atoms with E-state index < -0.39 is 0 Å². The Morgan fingerprint density at radius 3 is 2.59 bits per heavy atom. The lowest BCUT2D eigenvalue weighted by atomic mass is 9.83. The van der Waals surface area contributed by atoms with Crippen LogP contribution in [0.2, 0.25) is 0 Å². The molecule has 2 heterocycles. The molecule has 1 spiro atoms. The Bertz CT molecular complexity index is 387. The predicted octanol–water partition coefficient (Wildman–Crippen LogP) is 3.26. The first-order chi connectivity index (χ1) is 10.2. The predicted molar refractivity (Wildman–Crippen MR) is 102 cm³/mol. The number of aliphatic imine (C=N–C) groups is 1. The molecule has 0 bridgehead atoms. The van der Waals surface area contributed by atoms with Gasteiger partial charge in [0.25, 0.3) is 0 Å². The van der Waals surface area contributed by atoms with Crippen LogP contribution in [0.15, 0.2) is 4.99 Å². The summed E-state index contributed by atoms with van der Waals surface area (Å²) in [5, 5.41) is 3.69. The van der Waals surface area contributed by atoms with Gasteiger partial charge in [0.15, 0.2) is 5.96 Å². The van der Waals surface area contributed by atoms with Gasteiger partial charge in [-0.05, 0) is 37.5 Å². The second-order valence-electron chi connectivity index (χ2n) is 7.44. The molecule has 1 saturated carbocycles. The molecule has 1 atom stereocenters. The summed E-state index contributed by atoms with van der Waals surface area (Å²) in [4.78, 5) is 6.99. The molecule has 0 amide bonds. The molecule has 0 aromatic carbocycles. The van der Waals surface area contributed by atoms with Crippen molar-refractivity contribution >= 4 is 29.9 Å². The van der Waals surface area contributed by atoms with Crippen molar-refractivity contribution in [2.45, 2.75) is 51.9 Å². The lowest BCUT2D eigenvalue weighted by Crippen LogP contribution is -2.45. The Morgan fingerprint density at radius 2 is 2.00 bits per heavy atom. The molecule has 128 valence electrons. The summed E-state index contributed by atoms with van der Waals surface area (Å²) in [6.45, 7) is 7.57. The summed E-state index contributed by atoms with van der Waals surface area (Å²) >= 11 is 0. The van der Waals surface area contributed by atoms with Crippen molar-refractivity contribution in [3.63, 3.8) is 0 Å². The summed E-state index contributed by atoms with van der Waals surface area (Å²) in [6, 6.07) is 0. The molecule has 3 rings (SSSR count). The van der Waals surface area contributed by atoms with Crippen molar-refractivity contribution in [1.29, 1.82) is 0 Å². The van der Waals surface area contributed by atoms with Crippen LogP contribution in [0.25, 0.3) is 0 Å². The number of guanidine groups is 1. The molecule has 2 aliphatic heterocycles. The smallest absolute Gasteiger partial charge is 0.193 e. The molecule has 3 fully saturated rings. The molecule has 1 aliphatic carbocycles. The molecule has 3 aliphatic rings. The number of halogens is 1. The van der Waals surface area contributed by atoms with Crippen molar-refractivity contribution in [3.05, 3.63) is 0 Å². The fourth-order valence-corrected chi connectivity index (χ4v) is 4.47. The van der Waals surface area contributed by atoms with Crippen molar-refractivity contribution < 1.29 is 4.74 Å². The lowest BCUT2D eigenvalue weighted by molar-refractivity contribution is 0.156. The maximum atomic E-state index is 5.63. The largest absolute Gasteiger partial charge is 0.381 e. The Balaban J connectivity index is 0.00000176. The van der Waals surface area contributed by atoms with E-state index in [1.807, 2.05) is 7.05 Å². The van der Waals surface area contributed by atoms with Gasteiger partial charge in [0.05, 0.1) is 6.61 Å². The van der Waals surface area contributed by atoms with Gasteiger partial charge in [0.1, 0.15) is 0 Å². The van der Waals surface area contributed by atoms with Crippen LogP contribution in [-0.2, 0) is 4.74 Å². The molecular formula is C17H32IN3O. The third-order valence-electron chi connectivity index (χ3n) is 6.17. The van der Waals surface area contributed by atoms with E-state index in [2.05, 4.69) is 22.1 Å². The van der Waals surface area contributed by atoms with Crippen molar-refractivity contribution in [3.8, 4) is 0 Å². The normalized spacial score (nSPS) is 30.8. The Morgan fingerprint density at radius 1 is 1.23 bits per heavy atom. The number of ether oxygens (including phenoxy) is 1. The van der Waals surface area contributed by atoms with Crippen LogP contribution in [0.4, 0.5) is 0 Å². The fraction of sp³-hybridized carbons (Fsp3) is 0.941. The highest BCUT2D eigenvalue weighted by molar-refractivity contribution is 14.0. The van der Waals surface area contributed by atoms with Gasteiger partial charge >= 0.3 is 0 Å². The third kappa shape index (κ3) is 3.71. The van der Waals surface area contributed by atoms with Crippen LogP contribution in [-0.4, -0.2) is 50.8 Å². The van der Waals surface area contributed by atoms with Gasteiger partial charge in [0.2, 0.25) is 0 Å². The van der Waals surface area contributed by atoms with Gasteiger partial charge in [0, 0.05) is 38.7 Å². The lowest BCUT2D eigenvalue weighted by Gasteiger charge is -2.31. The van der Waals surface area contributed by atoms with E-state index in [4.69, 9.17) is 4.74 Å². The third-order valence-corrected chi connectivity index (χ3v) is 6.17. The van der Waals surface area contributed by atoms with E-state index in [1.54, 1.807) is 0 Å². The SMILES string of the molecule is CCC1(CNC(=NC)N2CCC3(CCOC3)C2)CCCC1.I. The zero-order valence-electron chi connectivity index (χ0n) is 14.2. The van der Waals surface area contributed by atoms with Crippen LogP contribution in [0.3, 0.4) is 0 Å². The maximum absolute atomic E-state index is 5.63. The van der Waals surface area contributed by atoms with Gasteiger partial charge in [-0.15, -0.1) is 24.0 Å². The number of nitrogens with zero attached hydrogens (tertiary/aromatic N) is 2. The Kier molecular flexibility index (Phi) is 6.39. The van der Waals surface area contributed by atoms with E-state index in [-0.39, 0.29) is 24.0 Å². The summed E-state index contributed by atoms with van der Waals surface area (Å²) in [5.74, 6) is 1.11. The Hall–Kier alpha value is -0.0400. The molecule has 2 saturated heterocycles. The molecule has 1 unspecified atom stereocenters. The molecule has 5 heteroatoms. The number of hydrogen-bond acceptors (Lipinski definition) is 2. The highest BCUT2D eigenvalue weighted by Gasteiger charge is 2.42. The summed E-state index contributed by atoms with van der Waals surface area (Å²) in [5.41, 5.74) is 0.928. The van der Waals surface area contributed by atoms with E-state index in [1.165, 1.54) is 44.9 Å². The molecule has 0 aromatic heterocycles. The van der Waals surface area contributed by atoms with Crippen LogP contribution in [0, 0.1) is 10.8 Å². The van der Waals surface area contributed by atoms with Crippen LogP contribution < -0.4 is 5.32 Å². The monoisotopic (exact) mass is 421 g/mol. The van der Waals surface area contributed by atoms with E-state index in [9.17, 15) is 0 Å². The molecule has 22 heavy (non-hydrogen) atoms. The van der Waals surface area contributed by atoms with Gasteiger partial charge in [-0.1, -0.05) is 19.8 Å². The van der Waals surface area contributed by atoms with Crippen LogP contribution >= 0.6 is 24.0 Å². The van der Waals surface area contributed by atoms with Crippen LogP contribution in [0.1, 0.15) is 51.9 Å². The van der Waals surface area contributed by atoms with Crippen LogP contribution in [0.5, 0.6) is 0 Å². The topological polar surface area (TPSA) is 36.9 Å². The molecule has 0 radical (unpaired) electrons. The number of hydrogen-bond donors (Lipinski definition) is 1. The number of rotatable bonds is 3. The zero-order chi connectivity index (χ0) is 14.8. The second-order valence-corrected chi connectivity index (χ2v) is 7.44. The van der Waals surface area contributed by atoms with Gasteiger partial charge in [-0.2, -0.15) is 0 Å². The molecule has 4 nitrogen and oxygen atoms in total. The molecule has 1 N–H and O–H groups in total. The summed E-state index contributed by atoms with van der Waals surface area (Å²) in [6.07, 6.45) is 9.33. The first-order valence-corrected chi connectivity index (χ1v) is 8.74. The highest BCUT2D eigenvalue weighted by atomic mass is 127. The summed E-state index contributed by atoms with van der Waals surface area (Å²) < 4.78 is 5.63. The van der Waals surface area contributed by atoms with Crippen molar-refractivity contribution in [2.24, 2.45) is 15.8 Å².